The van der Waals surface area contributed by atoms with Gasteiger partial charge in [0.05, 0.1) is 52.4 Å². The number of nitrogens with zero attached hydrogens (tertiary/aromatic N) is 2. The summed E-state index contributed by atoms with van der Waals surface area (Å²) >= 11 is 0. The second-order valence-corrected chi connectivity index (χ2v) is 6.57. The fourth-order valence-electron chi connectivity index (χ4n) is 2.78. The number of rotatable bonds is 10. The van der Waals surface area contributed by atoms with E-state index in [1.54, 1.807) is 0 Å². The summed E-state index contributed by atoms with van der Waals surface area (Å²) in [6.45, 7) is 29.4. The van der Waals surface area contributed by atoms with Crippen molar-refractivity contribution < 1.29 is 28.8 Å². The molecule has 0 rings (SSSR count). The largest absolute Gasteiger partial charge is 0.549 e. The van der Waals surface area contributed by atoms with Crippen molar-refractivity contribution in [1.29, 1.82) is 0 Å². The lowest BCUT2D eigenvalue weighted by Gasteiger charge is -2.34. The number of aliphatic carboxylic acids is 2. The van der Waals surface area contributed by atoms with Crippen molar-refractivity contribution in [2.24, 2.45) is 5.92 Å². The summed E-state index contributed by atoms with van der Waals surface area (Å²) in [7, 11) is 0. The van der Waals surface area contributed by atoms with Gasteiger partial charge >= 0.3 is 0 Å². The first-order valence-corrected chi connectivity index (χ1v) is 10.2. The Morgan fingerprint density at radius 3 is 0.731 bits per heavy atom. The van der Waals surface area contributed by atoms with E-state index in [4.69, 9.17) is 0 Å². The molecule has 0 aromatic heterocycles. The van der Waals surface area contributed by atoms with Crippen molar-refractivity contribution >= 4 is 11.9 Å². The summed E-state index contributed by atoms with van der Waals surface area (Å²) in [5, 5.41) is 19.2. The Morgan fingerprint density at radius 2 is 0.731 bits per heavy atom. The van der Waals surface area contributed by atoms with Crippen LogP contribution in [0, 0.1) is 5.92 Å². The zero-order valence-electron chi connectivity index (χ0n) is 18.8. The molecule has 0 aliphatic rings. The molecule has 6 heteroatoms. The molecule has 0 saturated carbocycles. The van der Waals surface area contributed by atoms with Gasteiger partial charge in [-0.15, -0.1) is 0 Å². The molecular formula is C20H44N2O4. The molecule has 0 fully saturated rings. The highest BCUT2D eigenvalue weighted by atomic mass is 16.4. The third-order valence-corrected chi connectivity index (χ3v) is 6.07. The van der Waals surface area contributed by atoms with E-state index in [0.29, 0.717) is 0 Å². The number of hydrogen-bond donors (Lipinski definition) is 0. The summed E-state index contributed by atoms with van der Waals surface area (Å²) in [5.41, 5.74) is 0. The number of hydrogen-bond acceptors (Lipinski definition) is 4. The van der Waals surface area contributed by atoms with Crippen LogP contribution in [-0.2, 0) is 9.59 Å². The van der Waals surface area contributed by atoms with Crippen LogP contribution in [0.15, 0.2) is 0 Å². The molecule has 26 heavy (non-hydrogen) atoms. The van der Waals surface area contributed by atoms with Crippen molar-refractivity contribution in [3.05, 3.63) is 0 Å². The van der Waals surface area contributed by atoms with Crippen LogP contribution in [0.25, 0.3) is 0 Å². The topological polar surface area (TPSA) is 80.3 Å². The van der Waals surface area contributed by atoms with Crippen LogP contribution < -0.4 is 10.2 Å². The van der Waals surface area contributed by atoms with Crippen LogP contribution >= 0.6 is 0 Å². The Labute approximate surface area is 162 Å². The second kappa shape index (κ2) is 16.1. The molecule has 0 aromatic rings. The number of carbonyl (C=O) groups is 2. The van der Waals surface area contributed by atoms with Gasteiger partial charge in [-0.05, 0) is 55.4 Å². The second-order valence-electron chi connectivity index (χ2n) is 6.57. The van der Waals surface area contributed by atoms with E-state index in [0.717, 1.165) is 6.92 Å². The Kier molecular flexibility index (Phi) is 18.3. The quantitative estimate of drug-likeness (QED) is 0.419. The Balaban J connectivity index is -0.000000306. The zero-order chi connectivity index (χ0) is 21.4. The average Bonchev–Trinajstić information content (AvgIpc) is 2.66. The molecule has 0 bridgehead atoms. The smallest absolute Gasteiger partial charge is 0.0757 e. The molecule has 0 aromatic carbocycles. The zero-order valence-corrected chi connectivity index (χ0v) is 18.8. The van der Waals surface area contributed by atoms with Gasteiger partial charge in [0, 0.05) is 17.9 Å². The van der Waals surface area contributed by atoms with Crippen molar-refractivity contribution in [1.82, 2.24) is 0 Å². The molecule has 0 N–H and O–H groups in total. The van der Waals surface area contributed by atoms with Gasteiger partial charge in [0.1, 0.15) is 0 Å². The van der Waals surface area contributed by atoms with Crippen molar-refractivity contribution in [2.45, 2.75) is 62.3 Å². The molecule has 158 valence electrons. The van der Waals surface area contributed by atoms with Crippen molar-refractivity contribution in [3.8, 4) is 0 Å². The van der Waals surface area contributed by atoms with Crippen LogP contribution in [0.2, 0.25) is 0 Å². The molecule has 0 unspecified atom stereocenters. The maximum absolute atomic E-state index is 9.61. The molecule has 0 heterocycles. The Morgan fingerprint density at radius 1 is 0.577 bits per heavy atom. The first kappa shape index (κ1) is 29.6. The third-order valence-electron chi connectivity index (χ3n) is 6.07. The van der Waals surface area contributed by atoms with E-state index in [1.807, 2.05) is 0 Å². The van der Waals surface area contributed by atoms with Gasteiger partial charge in [-0.2, -0.15) is 0 Å². The predicted molar refractivity (Wildman–Crippen MR) is 104 cm³/mol. The van der Waals surface area contributed by atoms with Gasteiger partial charge in [0.25, 0.3) is 0 Å². The van der Waals surface area contributed by atoms with Gasteiger partial charge in [-0.25, -0.2) is 0 Å². The maximum Gasteiger partial charge on any atom is 0.0757 e. The third kappa shape index (κ3) is 11.5. The van der Waals surface area contributed by atoms with Crippen LogP contribution in [0.5, 0.6) is 0 Å². The van der Waals surface area contributed by atoms with E-state index in [1.165, 1.54) is 61.3 Å². The Hall–Kier alpha value is -1.14. The molecule has 0 aliphatic carbocycles. The minimum atomic E-state index is -1.62. The van der Waals surface area contributed by atoms with Gasteiger partial charge in [-0.3, -0.25) is 0 Å². The molecule has 6 nitrogen and oxygen atoms in total. The number of carboxylic acid groups (broad SMARTS) is 2. The minimum Gasteiger partial charge on any atom is -0.549 e. The SMILES string of the molecule is CC(C(=O)[O-])C(=O)[O-].CC[N+](CC)(CC)CC.CC[N+](CC)(CC)CC. The van der Waals surface area contributed by atoms with Gasteiger partial charge in [0.15, 0.2) is 0 Å². The van der Waals surface area contributed by atoms with E-state index in [-0.39, 0.29) is 0 Å². The van der Waals surface area contributed by atoms with E-state index in [2.05, 4.69) is 55.4 Å². The fourth-order valence-corrected chi connectivity index (χ4v) is 2.78. The summed E-state index contributed by atoms with van der Waals surface area (Å²) in [4.78, 5) is 19.2. The van der Waals surface area contributed by atoms with Crippen molar-refractivity contribution in [2.75, 3.05) is 52.4 Å². The lowest BCUT2D eigenvalue weighted by molar-refractivity contribution is -0.921. The molecule has 0 spiro atoms. The van der Waals surface area contributed by atoms with Crippen LogP contribution in [-0.4, -0.2) is 73.3 Å². The summed E-state index contributed by atoms with van der Waals surface area (Å²) in [6, 6.07) is 0. The van der Waals surface area contributed by atoms with E-state index in [9.17, 15) is 19.8 Å². The molecule has 0 atom stereocenters. The average molecular weight is 377 g/mol. The number of quaternary nitrogens is 2. The standard InChI is InChI=1S/2C8H20N.C4H6O4/c2*1-5-9(6-2,7-3)8-4;1-2(3(5)6)4(7)8/h2*5-8H2,1-4H3;2H,1H3,(H,5,6)(H,7,8)/q2*+1;/p-2. The lowest BCUT2D eigenvalue weighted by Crippen LogP contribution is -2.47. The van der Waals surface area contributed by atoms with E-state index < -0.39 is 17.9 Å². The highest BCUT2D eigenvalue weighted by Crippen LogP contribution is 2.04. The summed E-state index contributed by atoms with van der Waals surface area (Å²) in [5.74, 6) is -4.76. The molecule has 0 saturated heterocycles. The first-order chi connectivity index (χ1) is 12.0. The summed E-state index contributed by atoms with van der Waals surface area (Å²) < 4.78 is 2.56. The molecular weight excluding hydrogens is 332 g/mol. The molecule has 0 radical (unpaired) electrons. The highest BCUT2D eigenvalue weighted by molar-refractivity contribution is 5.90. The molecule has 0 amide bonds. The monoisotopic (exact) mass is 376 g/mol. The van der Waals surface area contributed by atoms with Crippen LogP contribution in [0.3, 0.4) is 0 Å². The Bertz CT molecular complexity index is 296. The van der Waals surface area contributed by atoms with Gasteiger partial charge in [-0.1, -0.05) is 6.92 Å². The fraction of sp³-hybridized carbons (Fsp3) is 0.900. The number of carbonyl (C=O) groups excluding carboxylic acids is 2. The highest BCUT2D eigenvalue weighted by Gasteiger charge is 2.16. The minimum absolute atomic E-state index is 0.991. The lowest BCUT2D eigenvalue weighted by atomic mass is 10.2. The maximum atomic E-state index is 9.61. The van der Waals surface area contributed by atoms with Gasteiger partial charge < -0.3 is 28.8 Å². The van der Waals surface area contributed by atoms with Crippen LogP contribution in [0.4, 0.5) is 0 Å². The predicted octanol–water partition coefficient (Wildman–Crippen LogP) is 0.888. The normalized spacial score (nSPS) is 11.2. The van der Waals surface area contributed by atoms with Crippen molar-refractivity contribution in [3.63, 3.8) is 0 Å². The van der Waals surface area contributed by atoms with Crippen LogP contribution in [0.1, 0.15) is 62.3 Å². The number of carboxylic acids is 2. The van der Waals surface area contributed by atoms with Gasteiger partial charge in [0.2, 0.25) is 0 Å². The molecule has 0 aliphatic heterocycles. The summed E-state index contributed by atoms with van der Waals surface area (Å²) in [6.07, 6.45) is 0. The first-order valence-electron chi connectivity index (χ1n) is 10.2. The van der Waals surface area contributed by atoms with E-state index >= 15 is 0 Å².